The van der Waals surface area contributed by atoms with Crippen molar-refractivity contribution in [1.29, 1.82) is 0 Å². The van der Waals surface area contributed by atoms with Crippen LogP contribution in [-0.4, -0.2) is 10.8 Å². The fourth-order valence-electron chi connectivity index (χ4n) is 2.07. The van der Waals surface area contributed by atoms with Crippen LogP contribution < -0.4 is 0 Å². The van der Waals surface area contributed by atoms with Gasteiger partial charge in [0.15, 0.2) is 4.67 Å². The first kappa shape index (κ1) is 15.4. The Bertz CT molecular complexity index is 735. The first-order valence-corrected chi connectivity index (χ1v) is 7.77. The lowest BCUT2D eigenvalue weighted by molar-refractivity contribution is -0.127. The topological polar surface area (TPSA) is 59.7 Å². The minimum atomic E-state index is -0.162. The van der Waals surface area contributed by atoms with Crippen LogP contribution in [0.15, 0.2) is 72.9 Å². The van der Waals surface area contributed by atoms with Gasteiger partial charge >= 0.3 is 0 Å². The largest absolute Gasteiger partial charge is 0.467 e. The number of carbonyl (C=O) groups excluding carboxylic acids is 1. The van der Waals surface area contributed by atoms with Crippen molar-refractivity contribution in [2.75, 3.05) is 0 Å². The first-order chi connectivity index (χ1) is 11.2. The maximum atomic E-state index is 12.5. The second-order valence-electron chi connectivity index (χ2n) is 4.83. The molecule has 5 nitrogen and oxygen atoms in total. The zero-order chi connectivity index (χ0) is 16.1. The minimum Gasteiger partial charge on any atom is -0.467 e. The Balaban J connectivity index is 1.73. The summed E-state index contributed by atoms with van der Waals surface area (Å²) in [5.74, 6) is 1.85. The Morgan fingerprint density at radius 1 is 1.04 bits per heavy atom. The van der Waals surface area contributed by atoms with Crippen LogP contribution in [0.2, 0.25) is 0 Å². The molecule has 23 heavy (non-hydrogen) atoms. The molecular weight excluding hydrogens is 362 g/mol. The van der Waals surface area contributed by atoms with E-state index in [0.717, 1.165) is 0 Å². The van der Waals surface area contributed by atoms with Gasteiger partial charge in [0.05, 0.1) is 25.6 Å². The molecule has 1 amide bonds. The summed E-state index contributed by atoms with van der Waals surface area (Å²) in [5, 5.41) is 0. The van der Waals surface area contributed by atoms with E-state index >= 15 is 0 Å². The molecule has 0 aliphatic heterocycles. The smallest absolute Gasteiger partial charge is 0.247 e. The third-order valence-electron chi connectivity index (χ3n) is 3.15. The Kier molecular flexibility index (Phi) is 4.83. The van der Waals surface area contributed by atoms with E-state index in [1.54, 1.807) is 47.8 Å². The molecule has 118 valence electrons. The van der Waals surface area contributed by atoms with Crippen LogP contribution in [0, 0.1) is 0 Å². The number of hydrogen-bond donors (Lipinski definition) is 0. The van der Waals surface area contributed by atoms with Gasteiger partial charge in [0.1, 0.15) is 17.3 Å². The summed E-state index contributed by atoms with van der Waals surface area (Å²) in [6.07, 6.45) is 6.27. The highest BCUT2D eigenvalue weighted by atomic mass is 79.9. The quantitative estimate of drug-likeness (QED) is 0.596. The molecule has 3 heterocycles. The summed E-state index contributed by atoms with van der Waals surface area (Å²) in [6, 6.07) is 10.8. The van der Waals surface area contributed by atoms with Gasteiger partial charge in [0.2, 0.25) is 5.91 Å². The van der Waals surface area contributed by atoms with Gasteiger partial charge in [0, 0.05) is 6.08 Å². The molecule has 0 atom stereocenters. The van der Waals surface area contributed by atoms with Crippen LogP contribution in [-0.2, 0) is 17.9 Å². The van der Waals surface area contributed by atoms with Crippen molar-refractivity contribution in [3.63, 3.8) is 0 Å². The number of furan rings is 3. The second kappa shape index (κ2) is 7.19. The average Bonchev–Trinajstić information content (AvgIpc) is 3.27. The molecule has 0 radical (unpaired) electrons. The van der Waals surface area contributed by atoms with E-state index in [2.05, 4.69) is 15.9 Å². The summed E-state index contributed by atoms with van der Waals surface area (Å²) in [7, 11) is 0. The predicted molar refractivity (Wildman–Crippen MR) is 87.1 cm³/mol. The molecular formula is C17H14BrNO4. The summed E-state index contributed by atoms with van der Waals surface area (Å²) >= 11 is 3.23. The number of carbonyl (C=O) groups is 1. The SMILES string of the molecule is O=C(/C=C/c1ccc(Br)o1)N(Cc1ccco1)Cc1ccco1. The minimum absolute atomic E-state index is 0.162. The van der Waals surface area contributed by atoms with Crippen molar-refractivity contribution in [3.05, 3.63) is 77.0 Å². The number of nitrogens with zero attached hydrogens (tertiary/aromatic N) is 1. The van der Waals surface area contributed by atoms with Crippen molar-refractivity contribution < 1.29 is 18.0 Å². The van der Waals surface area contributed by atoms with Gasteiger partial charge in [-0.25, -0.2) is 0 Å². The lowest BCUT2D eigenvalue weighted by Gasteiger charge is -2.18. The van der Waals surface area contributed by atoms with Crippen LogP contribution in [0.25, 0.3) is 6.08 Å². The highest BCUT2D eigenvalue weighted by molar-refractivity contribution is 9.10. The fourth-order valence-corrected chi connectivity index (χ4v) is 2.39. The van der Waals surface area contributed by atoms with Crippen molar-refractivity contribution in [1.82, 2.24) is 4.90 Å². The lowest BCUT2D eigenvalue weighted by Crippen LogP contribution is -2.28. The zero-order valence-corrected chi connectivity index (χ0v) is 13.7. The third kappa shape index (κ3) is 4.26. The van der Waals surface area contributed by atoms with Crippen molar-refractivity contribution in [2.24, 2.45) is 0 Å². The number of amides is 1. The fraction of sp³-hybridized carbons (Fsp3) is 0.118. The van der Waals surface area contributed by atoms with Gasteiger partial charge in [-0.15, -0.1) is 0 Å². The number of halogens is 1. The standard InChI is InChI=1S/C17H14BrNO4/c18-16-7-5-13(23-16)6-8-17(20)19(11-14-3-1-9-21-14)12-15-4-2-10-22-15/h1-10H,11-12H2/b8-6+. The normalized spacial score (nSPS) is 11.2. The van der Waals surface area contributed by atoms with E-state index in [-0.39, 0.29) is 5.91 Å². The Labute approximate surface area is 141 Å². The molecule has 3 aromatic heterocycles. The van der Waals surface area contributed by atoms with Gasteiger partial charge < -0.3 is 18.2 Å². The highest BCUT2D eigenvalue weighted by Gasteiger charge is 2.15. The first-order valence-electron chi connectivity index (χ1n) is 6.98. The Morgan fingerprint density at radius 3 is 2.17 bits per heavy atom. The molecule has 0 saturated heterocycles. The summed E-state index contributed by atoms with van der Waals surface area (Å²) in [6.45, 7) is 0.720. The zero-order valence-electron chi connectivity index (χ0n) is 12.1. The van der Waals surface area contributed by atoms with E-state index < -0.39 is 0 Å². The van der Waals surface area contributed by atoms with Crippen LogP contribution in [0.3, 0.4) is 0 Å². The summed E-state index contributed by atoms with van der Waals surface area (Å²) in [5.41, 5.74) is 0. The molecule has 0 spiro atoms. The monoisotopic (exact) mass is 375 g/mol. The molecule has 0 unspecified atom stereocenters. The molecule has 0 N–H and O–H groups in total. The molecule has 3 rings (SSSR count). The molecule has 0 fully saturated rings. The molecule has 3 aromatic rings. The van der Waals surface area contributed by atoms with Gasteiger partial charge in [0.25, 0.3) is 0 Å². The number of rotatable bonds is 6. The van der Waals surface area contributed by atoms with Crippen LogP contribution in [0.4, 0.5) is 0 Å². The third-order valence-corrected chi connectivity index (χ3v) is 3.58. The predicted octanol–water partition coefficient (Wildman–Crippen LogP) is 4.47. The van der Waals surface area contributed by atoms with E-state index in [0.29, 0.717) is 35.0 Å². The second-order valence-corrected chi connectivity index (χ2v) is 5.61. The molecule has 0 aliphatic rings. The van der Waals surface area contributed by atoms with Crippen LogP contribution in [0.5, 0.6) is 0 Å². The molecule has 0 bridgehead atoms. The van der Waals surface area contributed by atoms with E-state index in [1.807, 2.05) is 12.1 Å². The van der Waals surface area contributed by atoms with E-state index in [1.165, 1.54) is 6.08 Å². The molecule has 6 heteroatoms. The summed E-state index contributed by atoms with van der Waals surface area (Å²) in [4.78, 5) is 14.1. The molecule has 0 aliphatic carbocycles. The van der Waals surface area contributed by atoms with Gasteiger partial charge in [-0.2, -0.15) is 0 Å². The van der Waals surface area contributed by atoms with E-state index in [9.17, 15) is 4.79 Å². The molecule has 0 saturated carbocycles. The van der Waals surface area contributed by atoms with Crippen LogP contribution >= 0.6 is 15.9 Å². The van der Waals surface area contributed by atoms with Gasteiger partial charge in [-0.3, -0.25) is 4.79 Å². The van der Waals surface area contributed by atoms with Gasteiger partial charge in [-0.1, -0.05) is 0 Å². The highest BCUT2D eigenvalue weighted by Crippen LogP contribution is 2.16. The van der Waals surface area contributed by atoms with Crippen molar-refractivity contribution in [3.8, 4) is 0 Å². The summed E-state index contributed by atoms with van der Waals surface area (Å²) < 4.78 is 16.6. The van der Waals surface area contributed by atoms with Crippen molar-refractivity contribution in [2.45, 2.75) is 13.1 Å². The Hall–Kier alpha value is -2.47. The average molecular weight is 376 g/mol. The van der Waals surface area contributed by atoms with E-state index in [4.69, 9.17) is 13.3 Å². The molecule has 0 aromatic carbocycles. The lowest BCUT2D eigenvalue weighted by atomic mass is 10.3. The van der Waals surface area contributed by atoms with Gasteiger partial charge in [-0.05, 0) is 58.4 Å². The maximum Gasteiger partial charge on any atom is 0.247 e. The number of hydrogen-bond acceptors (Lipinski definition) is 4. The van der Waals surface area contributed by atoms with Crippen LogP contribution in [0.1, 0.15) is 17.3 Å². The van der Waals surface area contributed by atoms with Crippen molar-refractivity contribution >= 4 is 27.9 Å². The maximum absolute atomic E-state index is 12.5. The Morgan fingerprint density at radius 2 is 1.70 bits per heavy atom.